The number of pyridine rings is 2. The van der Waals surface area contributed by atoms with Crippen molar-refractivity contribution in [3.63, 3.8) is 0 Å². The number of fused-ring (bicyclic) bond motifs is 5. The summed E-state index contributed by atoms with van der Waals surface area (Å²) < 4.78 is 12.6. The molecule has 0 aliphatic carbocycles. The largest absolute Gasteiger partial charge is 0.497 e. The molecule has 0 aliphatic rings. The number of benzene rings is 4. The normalized spacial score (nSPS) is 11.0. The molecule has 0 fully saturated rings. The van der Waals surface area contributed by atoms with Crippen molar-refractivity contribution in [2.75, 3.05) is 0 Å². The Morgan fingerprint density at radius 1 is 0.689 bits per heavy atom. The summed E-state index contributed by atoms with van der Waals surface area (Å²) in [7, 11) is 0. The molecule has 0 unspecified atom stereocenters. The number of nitrogens with zero attached hydrogens (tertiary/aromatic N) is 3. The Bertz CT molecular complexity index is 2200. The Hall–Kier alpha value is -4.90. The Kier molecular flexibility index (Phi) is 8.70. The van der Waals surface area contributed by atoms with Crippen LogP contribution in [-0.4, -0.2) is 15.0 Å². The van der Waals surface area contributed by atoms with Gasteiger partial charge in [0.25, 0.3) is 0 Å². The Morgan fingerprint density at radius 3 is 2.27 bits per heavy atom. The Morgan fingerprint density at radius 2 is 1.51 bits per heavy atom. The smallest absolute Gasteiger partial charge is 0.227 e. The van der Waals surface area contributed by atoms with Gasteiger partial charge in [0.05, 0.1) is 5.58 Å². The fraction of sp³-hybridized carbons (Fsp3) is 0.103. The van der Waals surface area contributed by atoms with Crippen molar-refractivity contribution in [3.05, 3.63) is 139 Å². The molecule has 0 N–H and O–H groups in total. The third-order valence-corrected chi connectivity index (χ3v) is 7.58. The molecular weight excluding hydrogens is 735 g/mol. The van der Waals surface area contributed by atoms with Gasteiger partial charge in [-0.15, -0.1) is 54.1 Å². The molecule has 4 aromatic carbocycles. The third kappa shape index (κ3) is 6.08. The van der Waals surface area contributed by atoms with E-state index in [9.17, 15) is 0 Å². The van der Waals surface area contributed by atoms with E-state index >= 15 is 0 Å². The molecule has 0 amide bonds. The third-order valence-electron chi connectivity index (χ3n) is 7.58. The van der Waals surface area contributed by atoms with E-state index in [-0.39, 0.29) is 20.1 Å². The Labute approximate surface area is 275 Å². The molecule has 223 valence electrons. The van der Waals surface area contributed by atoms with Crippen LogP contribution in [0.1, 0.15) is 30.9 Å². The molecule has 0 aliphatic heterocycles. The van der Waals surface area contributed by atoms with Crippen molar-refractivity contribution in [1.82, 2.24) is 15.0 Å². The quantitative estimate of drug-likeness (QED) is 0.167. The zero-order chi connectivity index (χ0) is 30.0. The van der Waals surface area contributed by atoms with Crippen LogP contribution < -0.4 is 0 Å². The molecule has 1 radical (unpaired) electrons. The molecule has 0 spiro atoms. The van der Waals surface area contributed by atoms with Crippen molar-refractivity contribution in [2.24, 2.45) is 0 Å². The van der Waals surface area contributed by atoms with Crippen LogP contribution in [0.15, 0.2) is 124 Å². The summed E-state index contributed by atoms with van der Waals surface area (Å²) in [6.45, 7) is 6.39. The molecule has 4 heterocycles. The van der Waals surface area contributed by atoms with Gasteiger partial charge in [-0.3, -0.25) is 0 Å². The zero-order valence-electron chi connectivity index (χ0n) is 25.0. The number of oxazole rings is 1. The van der Waals surface area contributed by atoms with E-state index in [2.05, 4.69) is 59.1 Å². The summed E-state index contributed by atoms with van der Waals surface area (Å²) in [6.07, 6.45) is 3.72. The van der Waals surface area contributed by atoms with Crippen LogP contribution in [0.2, 0.25) is 0 Å². The topological polar surface area (TPSA) is 65.0 Å². The summed E-state index contributed by atoms with van der Waals surface area (Å²) in [5.74, 6) is 1.00. The number of hydrogen-bond donors (Lipinski definition) is 0. The molecule has 0 saturated carbocycles. The molecule has 6 heteroatoms. The van der Waals surface area contributed by atoms with Crippen molar-refractivity contribution in [3.8, 4) is 34.0 Å². The monoisotopic (exact) mass is 764 g/mol. The first-order chi connectivity index (χ1) is 21.5. The van der Waals surface area contributed by atoms with Crippen LogP contribution in [0.25, 0.3) is 67.0 Å². The minimum Gasteiger partial charge on any atom is -0.497 e. The molecule has 8 aromatic rings. The summed E-state index contributed by atoms with van der Waals surface area (Å²) in [6, 6.07) is 40.4. The number of hydrogen-bond acceptors (Lipinski definition) is 5. The van der Waals surface area contributed by atoms with Gasteiger partial charge in [-0.05, 0) is 60.1 Å². The minimum atomic E-state index is 0. The standard InChI is InChI=1S/C27H19N2O2.C12H10N.Ir/c1-16(2)18-13-14-28-23(15-18)21-10-6-9-19-20-11-12-22-26(25(20)30-24(19)21)31-27(29-22)17-7-4-3-5-8-17;1-10-7-8-12(13-9-10)11-5-3-2-4-6-11;/h3-9,11-16H,1-2H3;2-5,7-9H,1H3;/q2*-1;. The number of aromatic nitrogens is 3. The van der Waals surface area contributed by atoms with Gasteiger partial charge in [0.1, 0.15) is 5.52 Å². The van der Waals surface area contributed by atoms with Gasteiger partial charge in [-0.1, -0.05) is 66.8 Å². The van der Waals surface area contributed by atoms with Gasteiger partial charge in [0.15, 0.2) is 11.2 Å². The van der Waals surface area contributed by atoms with Gasteiger partial charge >= 0.3 is 0 Å². The minimum absolute atomic E-state index is 0. The van der Waals surface area contributed by atoms with Gasteiger partial charge < -0.3 is 18.8 Å². The first-order valence-electron chi connectivity index (χ1n) is 14.6. The van der Waals surface area contributed by atoms with Crippen LogP contribution >= 0.6 is 0 Å². The van der Waals surface area contributed by atoms with Crippen molar-refractivity contribution in [2.45, 2.75) is 26.7 Å². The van der Waals surface area contributed by atoms with E-state index in [0.29, 0.717) is 23.0 Å². The molecular formula is C39H29IrN3O2-2. The van der Waals surface area contributed by atoms with E-state index in [4.69, 9.17) is 8.83 Å². The summed E-state index contributed by atoms with van der Waals surface area (Å²) in [4.78, 5) is 13.6. The number of aryl methyl sites for hydroxylation is 1. The number of rotatable bonds is 4. The van der Waals surface area contributed by atoms with E-state index in [1.165, 1.54) is 11.1 Å². The van der Waals surface area contributed by atoms with E-state index in [0.717, 1.165) is 50.0 Å². The van der Waals surface area contributed by atoms with E-state index in [1.807, 2.05) is 104 Å². The second kappa shape index (κ2) is 13.0. The molecule has 0 saturated heterocycles. The van der Waals surface area contributed by atoms with Crippen molar-refractivity contribution < 1.29 is 28.9 Å². The van der Waals surface area contributed by atoms with Crippen LogP contribution in [0.4, 0.5) is 0 Å². The summed E-state index contributed by atoms with van der Waals surface area (Å²) in [5, 5.41) is 2.01. The average Bonchev–Trinajstić information content (AvgIpc) is 3.68. The Balaban J connectivity index is 0.000000215. The van der Waals surface area contributed by atoms with Crippen molar-refractivity contribution in [1.29, 1.82) is 0 Å². The van der Waals surface area contributed by atoms with Crippen molar-refractivity contribution >= 4 is 33.0 Å². The summed E-state index contributed by atoms with van der Waals surface area (Å²) in [5.41, 5.74) is 9.97. The number of furan rings is 1. The van der Waals surface area contributed by atoms with Crippen LogP contribution in [-0.2, 0) is 20.1 Å². The molecule has 0 atom stereocenters. The molecule has 0 bridgehead atoms. The molecule has 45 heavy (non-hydrogen) atoms. The van der Waals surface area contributed by atoms with Gasteiger partial charge in [0, 0.05) is 43.4 Å². The fourth-order valence-electron chi connectivity index (χ4n) is 5.20. The fourth-order valence-corrected chi connectivity index (χ4v) is 5.20. The first kappa shape index (κ1) is 30.1. The molecule has 4 aromatic heterocycles. The van der Waals surface area contributed by atoms with E-state index < -0.39 is 0 Å². The molecule has 5 nitrogen and oxygen atoms in total. The SMILES string of the molecule is CC(C)c1ccnc(-c2[c-]ccc3c2oc2c3ccc3nc(-c4ccccc4)oc32)c1.Cc1ccc(-c2[c-]cccc2)nc1.[Ir]. The van der Waals surface area contributed by atoms with E-state index in [1.54, 1.807) is 0 Å². The van der Waals surface area contributed by atoms with Gasteiger partial charge in [-0.25, -0.2) is 4.98 Å². The average molecular weight is 764 g/mol. The van der Waals surface area contributed by atoms with Crippen LogP contribution in [0, 0.1) is 19.1 Å². The maximum atomic E-state index is 6.40. The molecule has 8 rings (SSSR count). The maximum Gasteiger partial charge on any atom is 0.227 e. The zero-order valence-corrected chi connectivity index (χ0v) is 27.4. The van der Waals surface area contributed by atoms with Crippen LogP contribution in [0.3, 0.4) is 0 Å². The van der Waals surface area contributed by atoms with Crippen LogP contribution in [0.5, 0.6) is 0 Å². The summed E-state index contributed by atoms with van der Waals surface area (Å²) >= 11 is 0. The van der Waals surface area contributed by atoms with Gasteiger partial charge in [0.2, 0.25) is 5.89 Å². The van der Waals surface area contributed by atoms with Gasteiger partial charge in [-0.2, -0.15) is 0 Å². The second-order valence-electron chi connectivity index (χ2n) is 11.0. The second-order valence-corrected chi connectivity index (χ2v) is 11.0. The predicted molar refractivity (Wildman–Crippen MR) is 176 cm³/mol. The maximum absolute atomic E-state index is 6.40. The first-order valence-corrected chi connectivity index (χ1v) is 14.6. The predicted octanol–water partition coefficient (Wildman–Crippen LogP) is 10.2.